The first kappa shape index (κ1) is 26.0. The number of hydrogen-bond donors (Lipinski definition) is 3. The van der Waals surface area contributed by atoms with Crippen molar-refractivity contribution in [2.75, 3.05) is 6.54 Å². The van der Waals surface area contributed by atoms with E-state index in [1.54, 1.807) is 12.1 Å². The van der Waals surface area contributed by atoms with E-state index in [1.807, 2.05) is 36.4 Å². The molecule has 2 rings (SSSR count). The Morgan fingerprint density at radius 2 is 1.25 bits per heavy atom. The molecular formula is C27H40N2O3. The molecule has 5 nitrogen and oxygen atoms in total. The minimum absolute atomic E-state index is 0.00302. The van der Waals surface area contributed by atoms with Gasteiger partial charge in [0.1, 0.15) is 0 Å². The summed E-state index contributed by atoms with van der Waals surface area (Å²) in [6.07, 6.45) is 14.6. The van der Waals surface area contributed by atoms with Crippen LogP contribution in [0.15, 0.2) is 48.5 Å². The number of quaternary nitrogens is 1. The minimum Gasteiger partial charge on any atom is -0.595 e. The highest BCUT2D eigenvalue weighted by molar-refractivity contribution is 5.94. The molecule has 32 heavy (non-hydrogen) atoms. The summed E-state index contributed by atoms with van der Waals surface area (Å²) in [7, 11) is 0. The van der Waals surface area contributed by atoms with Gasteiger partial charge in [-0.1, -0.05) is 89.0 Å². The van der Waals surface area contributed by atoms with Crippen molar-refractivity contribution < 1.29 is 15.2 Å². The van der Waals surface area contributed by atoms with Crippen molar-refractivity contribution in [3.8, 4) is 0 Å². The van der Waals surface area contributed by atoms with Crippen molar-refractivity contribution in [1.82, 2.24) is 5.32 Å². The average molecular weight is 441 g/mol. The molecule has 0 aliphatic heterocycles. The van der Waals surface area contributed by atoms with Crippen LogP contribution in [-0.4, -0.2) is 17.7 Å². The van der Waals surface area contributed by atoms with E-state index in [2.05, 4.69) is 12.2 Å². The molecule has 0 fully saturated rings. The fourth-order valence-corrected chi connectivity index (χ4v) is 3.84. The number of aryl methyl sites for hydroxylation is 2. The van der Waals surface area contributed by atoms with Gasteiger partial charge in [-0.15, -0.1) is 0 Å². The predicted octanol–water partition coefficient (Wildman–Crippen LogP) is 5.53. The molecule has 5 heteroatoms. The first-order valence-electron chi connectivity index (χ1n) is 12.3. The van der Waals surface area contributed by atoms with Crippen LogP contribution in [0.4, 0.5) is 5.69 Å². The van der Waals surface area contributed by atoms with E-state index < -0.39 is 5.23 Å². The van der Waals surface area contributed by atoms with E-state index in [0.717, 1.165) is 31.4 Å². The van der Waals surface area contributed by atoms with Gasteiger partial charge in [0, 0.05) is 24.2 Å². The quantitative estimate of drug-likeness (QED) is 0.237. The molecule has 3 N–H and O–H groups in total. The summed E-state index contributed by atoms with van der Waals surface area (Å²) in [4.78, 5) is 12.3. The maximum atomic E-state index is 12.3. The van der Waals surface area contributed by atoms with Gasteiger partial charge in [0.05, 0.1) is 0 Å². The lowest BCUT2D eigenvalue weighted by atomic mass is 10.0. The average Bonchev–Trinajstić information content (AvgIpc) is 2.81. The molecule has 0 saturated carbocycles. The number of unbranched alkanes of at least 4 members (excludes halogenated alkanes) is 9. The zero-order chi connectivity index (χ0) is 23.0. The normalized spacial score (nSPS) is 12.0. The number of amides is 1. The van der Waals surface area contributed by atoms with Crippen LogP contribution in [0.3, 0.4) is 0 Å². The van der Waals surface area contributed by atoms with E-state index in [9.17, 15) is 10.0 Å². The third-order valence-electron chi connectivity index (χ3n) is 5.94. The predicted molar refractivity (Wildman–Crippen MR) is 130 cm³/mol. The molecule has 0 heterocycles. The van der Waals surface area contributed by atoms with Crippen LogP contribution in [0.1, 0.15) is 92.6 Å². The van der Waals surface area contributed by atoms with Gasteiger partial charge < -0.3 is 10.5 Å². The van der Waals surface area contributed by atoms with Crippen molar-refractivity contribution in [1.29, 1.82) is 0 Å². The van der Waals surface area contributed by atoms with Crippen LogP contribution in [0, 0.1) is 5.21 Å². The van der Waals surface area contributed by atoms with Gasteiger partial charge in [0.25, 0.3) is 5.91 Å². The zero-order valence-corrected chi connectivity index (χ0v) is 19.6. The van der Waals surface area contributed by atoms with E-state index in [1.165, 1.54) is 63.4 Å². The molecule has 0 spiro atoms. The molecule has 0 radical (unpaired) electrons. The van der Waals surface area contributed by atoms with E-state index in [0.29, 0.717) is 11.3 Å². The topological polar surface area (TPSA) is 76.8 Å². The van der Waals surface area contributed by atoms with E-state index >= 15 is 0 Å². The molecule has 0 aliphatic rings. The molecule has 0 aromatic heterocycles. The Labute approximate surface area is 193 Å². The second-order valence-corrected chi connectivity index (χ2v) is 8.64. The monoisotopic (exact) mass is 440 g/mol. The molecule has 2 aromatic carbocycles. The highest BCUT2D eigenvalue weighted by atomic mass is 16.8. The standard InChI is InChI=1S/C27H40N2O3/c1-2-3-4-5-6-7-8-9-10-11-22-28-27(30)25-18-14-23(15-19-25)12-13-24-16-20-26(21-17-24)29(31)32/h14-21,29,31H,2-13,22H2,1H3,(H,28,30). The van der Waals surface area contributed by atoms with Crippen LogP contribution in [0.5, 0.6) is 0 Å². The zero-order valence-electron chi connectivity index (χ0n) is 19.6. The van der Waals surface area contributed by atoms with Crippen molar-refractivity contribution in [3.63, 3.8) is 0 Å². The van der Waals surface area contributed by atoms with Crippen LogP contribution in [0.25, 0.3) is 0 Å². The Kier molecular flexibility index (Phi) is 12.7. The van der Waals surface area contributed by atoms with Crippen molar-refractivity contribution in [2.24, 2.45) is 0 Å². The van der Waals surface area contributed by atoms with Gasteiger partial charge in [-0.25, -0.2) is 5.21 Å². The van der Waals surface area contributed by atoms with Gasteiger partial charge in [0.2, 0.25) is 0 Å². The lowest BCUT2D eigenvalue weighted by Crippen LogP contribution is -2.99. The second-order valence-electron chi connectivity index (χ2n) is 8.64. The Morgan fingerprint density at radius 3 is 1.75 bits per heavy atom. The lowest BCUT2D eigenvalue weighted by molar-refractivity contribution is -0.991. The van der Waals surface area contributed by atoms with Gasteiger partial charge in [-0.05, 0) is 42.5 Å². The summed E-state index contributed by atoms with van der Waals surface area (Å²) in [5.74, 6) is -0.00302. The summed E-state index contributed by atoms with van der Waals surface area (Å²) in [6, 6.07) is 14.8. The molecule has 176 valence electrons. The number of benzene rings is 2. The molecule has 2 aromatic rings. The fraction of sp³-hybridized carbons (Fsp3) is 0.519. The van der Waals surface area contributed by atoms with Gasteiger partial charge in [0.15, 0.2) is 5.69 Å². The number of carbonyl (C=O) groups is 1. The van der Waals surface area contributed by atoms with E-state index in [-0.39, 0.29) is 5.91 Å². The Balaban J connectivity index is 1.57. The minimum atomic E-state index is -0.904. The molecule has 0 bridgehead atoms. The Bertz CT molecular complexity index is 757. The van der Waals surface area contributed by atoms with Crippen LogP contribution >= 0.6 is 0 Å². The third-order valence-corrected chi connectivity index (χ3v) is 5.94. The fourth-order valence-electron chi connectivity index (χ4n) is 3.84. The lowest BCUT2D eigenvalue weighted by Gasteiger charge is -2.11. The van der Waals surface area contributed by atoms with E-state index in [4.69, 9.17) is 5.21 Å². The number of carbonyl (C=O) groups excluding carboxylic acids is 1. The second kappa shape index (κ2) is 15.6. The van der Waals surface area contributed by atoms with Gasteiger partial charge in [-0.3, -0.25) is 4.79 Å². The van der Waals surface area contributed by atoms with Gasteiger partial charge in [-0.2, -0.15) is 5.23 Å². The van der Waals surface area contributed by atoms with Crippen molar-refractivity contribution in [2.45, 2.75) is 84.0 Å². The maximum absolute atomic E-state index is 12.3. The Morgan fingerprint density at radius 1 is 0.781 bits per heavy atom. The third kappa shape index (κ3) is 10.4. The van der Waals surface area contributed by atoms with Crippen LogP contribution < -0.4 is 10.5 Å². The number of hydrogen-bond acceptors (Lipinski definition) is 3. The Hall–Kier alpha value is -2.21. The maximum Gasteiger partial charge on any atom is 0.251 e. The van der Waals surface area contributed by atoms with Crippen LogP contribution in [-0.2, 0) is 12.8 Å². The van der Waals surface area contributed by atoms with Crippen molar-refractivity contribution in [3.05, 3.63) is 70.4 Å². The summed E-state index contributed by atoms with van der Waals surface area (Å²) >= 11 is 0. The summed E-state index contributed by atoms with van der Waals surface area (Å²) in [5, 5.41) is 22.0. The highest BCUT2D eigenvalue weighted by Crippen LogP contribution is 2.12. The smallest absolute Gasteiger partial charge is 0.251 e. The molecular weight excluding hydrogens is 400 g/mol. The van der Waals surface area contributed by atoms with Crippen molar-refractivity contribution >= 4 is 11.6 Å². The molecule has 1 amide bonds. The highest BCUT2D eigenvalue weighted by Gasteiger charge is 2.05. The first-order chi connectivity index (χ1) is 15.6. The largest absolute Gasteiger partial charge is 0.595 e. The molecule has 1 unspecified atom stereocenters. The van der Waals surface area contributed by atoms with Crippen LogP contribution in [0.2, 0.25) is 0 Å². The summed E-state index contributed by atoms with van der Waals surface area (Å²) in [6.45, 7) is 2.99. The molecule has 0 saturated heterocycles. The number of rotatable bonds is 16. The summed E-state index contributed by atoms with van der Waals surface area (Å²) < 4.78 is 0. The van der Waals surface area contributed by atoms with Gasteiger partial charge >= 0.3 is 0 Å². The summed E-state index contributed by atoms with van der Waals surface area (Å²) in [5.41, 5.74) is 3.28. The first-order valence-corrected chi connectivity index (χ1v) is 12.3. The molecule has 0 aliphatic carbocycles. The SMILES string of the molecule is CCCCCCCCCCCCNC(=O)c1ccc(CCc2ccc([NH+]([O-])O)cc2)cc1. The molecule has 1 atom stereocenters. The number of nitrogens with one attached hydrogen (secondary N) is 2.